The Kier molecular flexibility index (Phi) is 9.53. The van der Waals surface area contributed by atoms with Crippen LogP contribution in [0.2, 0.25) is 0 Å². The van der Waals surface area contributed by atoms with Gasteiger partial charge >= 0.3 is 0 Å². The fraction of sp³-hybridized carbons (Fsp3) is 1.00. The van der Waals surface area contributed by atoms with Gasteiger partial charge in [-0.2, -0.15) is 0 Å². The molecule has 0 saturated heterocycles. The first-order chi connectivity index (χ1) is 7.51. The molecule has 4 heteroatoms. The van der Waals surface area contributed by atoms with Crippen molar-refractivity contribution in [1.82, 2.24) is 4.67 Å². The van der Waals surface area contributed by atoms with Crippen molar-refractivity contribution < 1.29 is 9.05 Å². The molecule has 0 spiro atoms. The standard InChI is InChI=1S/C12H28NO2P/c1-7-14-16(15-8-2)13(9-11(3)4)10-12(5)6/h11-12H,7-10H2,1-6H3. The minimum Gasteiger partial charge on any atom is -0.322 e. The zero-order valence-corrected chi connectivity index (χ0v) is 12.6. The van der Waals surface area contributed by atoms with E-state index in [9.17, 15) is 0 Å². The van der Waals surface area contributed by atoms with E-state index < -0.39 is 8.53 Å². The van der Waals surface area contributed by atoms with Gasteiger partial charge in [0.05, 0.1) is 13.2 Å². The van der Waals surface area contributed by atoms with Crippen molar-refractivity contribution in [2.24, 2.45) is 11.8 Å². The van der Waals surface area contributed by atoms with Gasteiger partial charge in [-0.15, -0.1) is 0 Å². The van der Waals surface area contributed by atoms with E-state index >= 15 is 0 Å². The highest BCUT2D eigenvalue weighted by Crippen LogP contribution is 2.43. The van der Waals surface area contributed by atoms with Gasteiger partial charge in [0.2, 0.25) is 0 Å². The summed E-state index contributed by atoms with van der Waals surface area (Å²) in [5.74, 6) is 1.29. The smallest absolute Gasteiger partial charge is 0.258 e. The highest BCUT2D eigenvalue weighted by atomic mass is 31.2. The topological polar surface area (TPSA) is 21.7 Å². The SMILES string of the molecule is CCOP(OCC)N(CC(C)C)CC(C)C. The molecule has 0 heterocycles. The lowest BCUT2D eigenvalue weighted by molar-refractivity contribution is 0.202. The van der Waals surface area contributed by atoms with Gasteiger partial charge in [-0.3, -0.25) is 0 Å². The number of rotatable bonds is 9. The van der Waals surface area contributed by atoms with E-state index in [1.807, 2.05) is 13.8 Å². The Balaban J connectivity index is 4.39. The third-order valence-corrected chi connectivity index (χ3v) is 3.61. The summed E-state index contributed by atoms with van der Waals surface area (Å²) in [6, 6.07) is 0. The van der Waals surface area contributed by atoms with Crippen molar-refractivity contribution in [1.29, 1.82) is 0 Å². The van der Waals surface area contributed by atoms with Crippen LogP contribution in [0.4, 0.5) is 0 Å². The van der Waals surface area contributed by atoms with Crippen LogP contribution in [-0.2, 0) is 9.05 Å². The van der Waals surface area contributed by atoms with Crippen LogP contribution in [0.15, 0.2) is 0 Å². The molecule has 0 fully saturated rings. The second-order valence-electron chi connectivity index (χ2n) is 4.73. The summed E-state index contributed by atoms with van der Waals surface area (Å²) < 4.78 is 13.8. The normalized spacial score (nSPS) is 12.4. The predicted molar refractivity (Wildman–Crippen MR) is 71.4 cm³/mol. The molecule has 0 aromatic carbocycles. The van der Waals surface area contributed by atoms with E-state index in [4.69, 9.17) is 9.05 Å². The van der Waals surface area contributed by atoms with Crippen molar-refractivity contribution >= 4 is 8.53 Å². The molecule has 0 N–H and O–H groups in total. The van der Waals surface area contributed by atoms with Crippen molar-refractivity contribution in [3.8, 4) is 0 Å². The highest BCUT2D eigenvalue weighted by Gasteiger charge is 2.22. The van der Waals surface area contributed by atoms with Crippen LogP contribution in [0, 0.1) is 11.8 Å². The van der Waals surface area contributed by atoms with E-state index in [0.29, 0.717) is 11.8 Å². The molecule has 0 bridgehead atoms. The quantitative estimate of drug-likeness (QED) is 0.578. The number of hydrogen-bond donors (Lipinski definition) is 0. The molecular weight excluding hydrogens is 221 g/mol. The average Bonchev–Trinajstić information content (AvgIpc) is 2.15. The predicted octanol–water partition coefficient (Wildman–Crippen LogP) is 3.90. The van der Waals surface area contributed by atoms with Gasteiger partial charge < -0.3 is 9.05 Å². The van der Waals surface area contributed by atoms with E-state index in [2.05, 4.69) is 32.4 Å². The van der Waals surface area contributed by atoms with Gasteiger partial charge in [-0.25, -0.2) is 4.67 Å². The molecular formula is C12H28NO2P. The molecule has 0 radical (unpaired) electrons. The minimum absolute atomic E-state index is 0.643. The highest BCUT2D eigenvalue weighted by molar-refractivity contribution is 7.44. The van der Waals surface area contributed by atoms with Gasteiger partial charge in [-0.05, 0) is 25.7 Å². The third-order valence-electron chi connectivity index (χ3n) is 1.86. The first-order valence-corrected chi connectivity index (χ1v) is 7.45. The van der Waals surface area contributed by atoms with Crippen LogP contribution in [0.1, 0.15) is 41.5 Å². The molecule has 0 rings (SSSR count). The fourth-order valence-corrected chi connectivity index (χ4v) is 3.24. The summed E-state index contributed by atoms with van der Waals surface area (Å²) in [6.07, 6.45) is 0. The summed E-state index contributed by atoms with van der Waals surface area (Å²) in [5, 5.41) is 0. The second kappa shape index (κ2) is 9.35. The Morgan fingerprint density at radius 1 is 0.875 bits per heavy atom. The first-order valence-electron chi connectivity index (χ1n) is 6.32. The average molecular weight is 249 g/mol. The van der Waals surface area contributed by atoms with Crippen LogP contribution >= 0.6 is 8.53 Å². The number of hydrogen-bond acceptors (Lipinski definition) is 3. The molecule has 3 nitrogen and oxygen atoms in total. The summed E-state index contributed by atoms with van der Waals surface area (Å²) >= 11 is 0. The Morgan fingerprint density at radius 2 is 1.25 bits per heavy atom. The molecule has 0 aromatic heterocycles. The number of nitrogens with zero attached hydrogens (tertiary/aromatic N) is 1. The van der Waals surface area contributed by atoms with Crippen molar-refractivity contribution in [3.05, 3.63) is 0 Å². The lowest BCUT2D eigenvalue weighted by atomic mass is 10.2. The van der Waals surface area contributed by atoms with Crippen LogP contribution in [0.5, 0.6) is 0 Å². The van der Waals surface area contributed by atoms with E-state index in [-0.39, 0.29) is 0 Å². The first kappa shape index (κ1) is 16.3. The maximum Gasteiger partial charge on any atom is 0.258 e. The Hall–Kier alpha value is 0.310. The zero-order chi connectivity index (χ0) is 12.6. The van der Waals surface area contributed by atoms with Crippen molar-refractivity contribution in [3.63, 3.8) is 0 Å². The fourth-order valence-electron chi connectivity index (χ4n) is 1.47. The maximum absolute atomic E-state index is 5.71. The second-order valence-corrected chi connectivity index (χ2v) is 6.29. The minimum atomic E-state index is -0.856. The van der Waals surface area contributed by atoms with Crippen LogP contribution in [0.25, 0.3) is 0 Å². The molecule has 0 saturated carbocycles. The van der Waals surface area contributed by atoms with Gasteiger partial charge in [-0.1, -0.05) is 27.7 Å². The Labute approximate surface area is 102 Å². The van der Waals surface area contributed by atoms with Crippen LogP contribution in [0.3, 0.4) is 0 Å². The maximum atomic E-state index is 5.71. The zero-order valence-electron chi connectivity index (χ0n) is 11.7. The van der Waals surface area contributed by atoms with Gasteiger partial charge in [0.15, 0.2) is 0 Å². The Morgan fingerprint density at radius 3 is 1.50 bits per heavy atom. The molecule has 0 aliphatic heterocycles. The molecule has 0 aromatic rings. The van der Waals surface area contributed by atoms with Gasteiger partial charge in [0, 0.05) is 13.1 Å². The van der Waals surface area contributed by atoms with Crippen molar-refractivity contribution in [2.45, 2.75) is 41.5 Å². The van der Waals surface area contributed by atoms with E-state index in [1.54, 1.807) is 0 Å². The molecule has 0 unspecified atom stereocenters. The van der Waals surface area contributed by atoms with E-state index in [1.165, 1.54) is 0 Å². The molecule has 98 valence electrons. The summed E-state index contributed by atoms with van der Waals surface area (Å²) in [5.41, 5.74) is 0. The Bertz CT molecular complexity index is 149. The lowest BCUT2D eigenvalue weighted by Gasteiger charge is -2.31. The monoisotopic (exact) mass is 249 g/mol. The molecule has 0 amide bonds. The van der Waals surface area contributed by atoms with Crippen LogP contribution in [-0.4, -0.2) is 31.0 Å². The third kappa shape index (κ3) is 7.56. The van der Waals surface area contributed by atoms with Crippen molar-refractivity contribution in [2.75, 3.05) is 26.3 Å². The van der Waals surface area contributed by atoms with Gasteiger partial charge in [0.1, 0.15) is 0 Å². The molecule has 0 aliphatic rings. The van der Waals surface area contributed by atoms with Crippen LogP contribution < -0.4 is 0 Å². The summed E-state index contributed by atoms with van der Waals surface area (Å²) in [4.78, 5) is 0. The summed E-state index contributed by atoms with van der Waals surface area (Å²) in [7, 11) is -0.856. The lowest BCUT2D eigenvalue weighted by Crippen LogP contribution is -2.28. The summed E-state index contributed by atoms with van der Waals surface area (Å²) in [6.45, 7) is 16.5. The van der Waals surface area contributed by atoms with Gasteiger partial charge in [0.25, 0.3) is 8.53 Å². The van der Waals surface area contributed by atoms with E-state index in [0.717, 1.165) is 26.3 Å². The molecule has 0 atom stereocenters. The molecule has 0 aliphatic carbocycles. The molecule has 16 heavy (non-hydrogen) atoms. The largest absolute Gasteiger partial charge is 0.322 e.